The van der Waals surface area contributed by atoms with E-state index in [1.165, 1.54) is 32.1 Å². The number of hydrogen-bond acceptors (Lipinski definition) is 1. The zero-order valence-electron chi connectivity index (χ0n) is 6.52. The van der Waals surface area contributed by atoms with Crippen LogP contribution in [0.1, 0.15) is 39.0 Å². The van der Waals surface area contributed by atoms with Crippen molar-refractivity contribution in [3.63, 3.8) is 0 Å². The summed E-state index contributed by atoms with van der Waals surface area (Å²) in [6.45, 7) is 2.26. The van der Waals surface area contributed by atoms with Crippen molar-refractivity contribution in [1.82, 2.24) is 5.32 Å². The molecule has 58 valence electrons. The molecular weight excluding hydrogens is 142 g/mol. The van der Waals surface area contributed by atoms with E-state index < -0.39 is 0 Å². The van der Waals surface area contributed by atoms with Crippen LogP contribution in [0.3, 0.4) is 0 Å². The van der Waals surface area contributed by atoms with Crippen LogP contribution >= 0.6 is 12.2 Å². The minimum atomic E-state index is 0.319. The third-order valence-electron chi connectivity index (χ3n) is 2.36. The highest BCUT2D eigenvalue weighted by Crippen LogP contribution is 2.26. The summed E-state index contributed by atoms with van der Waals surface area (Å²) in [6.07, 6.45) is 6.66. The number of thiocarbonyl (C=S) groups is 1. The van der Waals surface area contributed by atoms with Gasteiger partial charge in [0.2, 0.25) is 0 Å². The van der Waals surface area contributed by atoms with E-state index in [4.69, 9.17) is 12.2 Å². The van der Waals surface area contributed by atoms with Crippen LogP contribution in [0.4, 0.5) is 0 Å². The fraction of sp³-hybridized carbons (Fsp3) is 0.875. The molecule has 0 bridgehead atoms. The maximum absolute atomic E-state index is 4.77. The summed E-state index contributed by atoms with van der Waals surface area (Å²) < 4.78 is 0. The van der Waals surface area contributed by atoms with Gasteiger partial charge in [-0.15, -0.1) is 0 Å². The summed E-state index contributed by atoms with van der Waals surface area (Å²) in [7, 11) is 0. The van der Waals surface area contributed by atoms with Crippen LogP contribution in [0, 0.1) is 0 Å². The Morgan fingerprint density at radius 2 is 1.90 bits per heavy atom. The van der Waals surface area contributed by atoms with Crippen molar-refractivity contribution in [1.29, 1.82) is 0 Å². The van der Waals surface area contributed by atoms with Crippen molar-refractivity contribution in [3.05, 3.63) is 0 Å². The second-order valence-corrected chi connectivity index (χ2v) is 3.62. The third-order valence-corrected chi connectivity index (χ3v) is 2.48. The average Bonchev–Trinajstić information content (AvgIpc) is 1.89. The molecule has 1 N–H and O–H groups in total. The fourth-order valence-electron chi connectivity index (χ4n) is 1.62. The maximum Gasteiger partial charge on any atom is 0.0619 e. The van der Waals surface area contributed by atoms with Crippen LogP contribution in [0.5, 0.6) is 0 Å². The van der Waals surface area contributed by atoms with Gasteiger partial charge in [-0.2, -0.15) is 0 Å². The molecule has 1 aliphatic carbocycles. The van der Waals surface area contributed by atoms with Crippen LogP contribution in [0.2, 0.25) is 0 Å². The lowest BCUT2D eigenvalue weighted by Crippen LogP contribution is -2.42. The first-order valence-electron chi connectivity index (χ1n) is 3.98. The quantitative estimate of drug-likeness (QED) is 0.617. The lowest BCUT2D eigenvalue weighted by Gasteiger charge is -2.33. The molecule has 0 spiro atoms. The van der Waals surface area contributed by atoms with Crippen molar-refractivity contribution in [2.75, 3.05) is 0 Å². The highest BCUT2D eigenvalue weighted by molar-refractivity contribution is 7.78. The highest BCUT2D eigenvalue weighted by atomic mass is 32.1. The van der Waals surface area contributed by atoms with Crippen LogP contribution < -0.4 is 5.32 Å². The zero-order chi connectivity index (χ0) is 7.45. The summed E-state index contributed by atoms with van der Waals surface area (Å²) in [4.78, 5) is 0. The van der Waals surface area contributed by atoms with Gasteiger partial charge >= 0.3 is 0 Å². The van der Waals surface area contributed by atoms with Crippen LogP contribution in [-0.2, 0) is 0 Å². The van der Waals surface area contributed by atoms with E-state index >= 15 is 0 Å². The molecule has 1 saturated carbocycles. The molecule has 1 nitrogen and oxygen atoms in total. The molecule has 1 fully saturated rings. The summed E-state index contributed by atoms with van der Waals surface area (Å²) in [5.41, 5.74) is 1.98. The van der Waals surface area contributed by atoms with Crippen LogP contribution in [0.25, 0.3) is 0 Å². The Balaban J connectivity index is 2.39. The molecule has 0 aromatic rings. The van der Waals surface area contributed by atoms with E-state index in [9.17, 15) is 0 Å². The Kier molecular flexibility index (Phi) is 2.66. The molecule has 0 heterocycles. The molecule has 10 heavy (non-hydrogen) atoms. The lowest BCUT2D eigenvalue weighted by atomic mass is 9.84. The monoisotopic (exact) mass is 157 g/mol. The largest absolute Gasteiger partial charge is 0.377 e. The number of nitrogens with one attached hydrogen (secondary N) is 1. The SMILES string of the molecule is CC1(NC=S)CCCCC1. The van der Waals surface area contributed by atoms with Crippen LogP contribution in [0.15, 0.2) is 0 Å². The van der Waals surface area contributed by atoms with Crippen molar-refractivity contribution < 1.29 is 0 Å². The Morgan fingerprint density at radius 1 is 1.30 bits per heavy atom. The second kappa shape index (κ2) is 3.33. The van der Waals surface area contributed by atoms with Gasteiger partial charge in [-0.05, 0) is 19.8 Å². The predicted octanol–water partition coefficient (Wildman–Crippen LogP) is 2.26. The van der Waals surface area contributed by atoms with E-state index in [0.29, 0.717) is 5.54 Å². The molecule has 0 unspecified atom stereocenters. The molecule has 0 aromatic heterocycles. The first-order chi connectivity index (χ1) is 4.77. The Hall–Kier alpha value is -0.110. The van der Waals surface area contributed by atoms with Crippen LogP contribution in [-0.4, -0.2) is 11.0 Å². The fourth-order valence-corrected chi connectivity index (χ4v) is 1.90. The molecule has 0 aromatic carbocycles. The zero-order valence-corrected chi connectivity index (χ0v) is 7.34. The molecule has 0 radical (unpaired) electrons. The second-order valence-electron chi connectivity index (χ2n) is 3.38. The van der Waals surface area contributed by atoms with E-state index in [-0.39, 0.29) is 0 Å². The molecular formula is C8H15NS. The normalized spacial score (nSPS) is 23.7. The highest BCUT2D eigenvalue weighted by Gasteiger charge is 2.24. The van der Waals surface area contributed by atoms with Crippen molar-refractivity contribution in [3.8, 4) is 0 Å². The standard InChI is InChI=1S/C8H15NS/c1-8(9-7-10)5-3-2-4-6-8/h7H,2-6H2,1H3,(H,9,10). The van der Waals surface area contributed by atoms with Gasteiger partial charge in [-0.3, -0.25) is 0 Å². The predicted molar refractivity (Wildman–Crippen MR) is 48.3 cm³/mol. The number of hydrogen-bond donors (Lipinski definition) is 1. The van der Waals surface area contributed by atoms with Gasteiger partial charge in [0.25, 0.3) is 0 Å². The van der Waals surface area contributed by atoms with Crippen molar-refractivity contribution in [2.24, 2.45) is 0 Å². The summed E-state index contributed by atoms with van der Waals surface area (Å²) in [5, 5.41) is 3.25. The van der Waals surface area contributed by atoms with E-state index in [1.54, 1.807) is 5.49 Å². The minimum absolute atomic E-state index is 0.319. The maximum atomic E-state index is 4.77. The van der Waals surface area contributed by atoms with Gasteiger partial charge in [-0.25, -0.2) is 0 Å². The molecule has 0 atom stereocenters. The van der Waals surface area contributed by atoms with Gasteiger partial charge in [0.15, 0.2) is 0 Å². The Morgan fingerprint density at radius 3 is 2.40 bits per heavy atom. The minimum Gasteiger partial charge on any atom is -0.377 e. The molecule has 0 aliphatic heterocycles. The first-order valence-corrected chi connectivity index (χ1v) is 4.45. The molecule has 0 saturated heterocycles. The Labute approximate surface area is 68.2 Å². The summed E-state index contributed by atoms with van der Waals surface area (Å²) >= 11 is 4.77. The van der Waals surface area contributed by atoms with Crippen molar-refractivity contribution >= 4 is 17.7 Å². The van der Waals surface area contributed by atoms with E-state index in [1.807, 2.05) is 0 Å². The van der Waals surface area contributed by atoms with Gasteiger partial charge in [-0.1, -0.05) is 31.5 Å². The number of rotatable bonds is 2. The van der Waals surface area contributed by atoms with E-state index in [2.05, 4.69) is 12.2 Å². The van der Waals surface area contributed by atoms with E-state index in [0.717, 1.165) is 0 Å². The summed E-state index contributed by atoms with van der Waals surface area (Å²) in [6, 6.07) is 0. The van der Waals surface area contributed by atoms with Gasteiger partial charge in [0.1, 0.15) is 0 Å². The molecule has 0 amide bonds. The van der Waals surface area contributed by atoms with Gasteiger partial charge < -0.3 is 5.32 Å². The topological polar surface area (TPSA) is 12.0 Å². The lowest BCUT2D eigenvalue weighted by molar-refractivity contribution is 0.294. The average molecular weight is 157 g/mol. The van der Waals surface area contributed by atoms with Gasteiger partial charge in [0, 0.05) is 5.54 Å². The van der Waals surface area contributed by atoms with Gasteiger partial charge in [0.05, 0.1) is 5.49 Å². The third kappa shape index (κ3) is 1.94. The van der Waals surface area contributed by atoms with Crippen molar-refractivity contribution in [2.45, 2.75) is 44.6 Å². The first kappa shape index (κ1) is 7.99. The smallest absolute Gasteiger partial charge is 0.0619 e. The molecule has 1 aliphatic rings. The molecule has 1 rings (SSSR count). The molecule has 2 heteroatoms. The summed E-state index contributed by atoms with van der Waals surface area (Å²) in [5.74, 6) is 0. The Bertz CT molecular complexity index is 116.